The van der Waals surface area contributed by atoms with Crippen molar-refractivity contribution in [3.8, 4) is 5.75 Å². The van der Waals surface area contributed by atoms with Gasteiger partial charge in [-0.05, 0) is 56.1 Å². The Morgan fingerprint density at radius 2 is 1.74 bits per heavy atom. The minimum Gasteiger partial charge on any atom is -0.491 e. The molecule has 0 atom stereocenters. The predicted octanol–water partition coefficient (Wildman–Crippen LogP) is 5.05. The average molecular weight is 268 g/mol. The molecule has 1 aromatic carbocycles. The van der Waals surface area contributed by atoms with E-state index < -0.39 is 11.6 Å². The molecular weight excluding hydrogens is 246 g/mol. The van der Waals surface area contributed by atoms with Crippen molar-refractivity contribution in [2.75, 3.05) is 6.61 Å². The monoisotopic (exact) mass is 268 g/mol. The molecule has 0 N–H and O–H groups in total. The Morgan fingerprint density at radius 1 is 1.05 bits per heavy atom. The topological polar surface area (TPSA) is 9.23 Å². The summed E-state index contributed by atoms with van der Waals surface area (Å²) in [5, 5.41) is 0. The smallest absolute Gasteiger partial charge is 0.200 e. The van der Waals surface area contributed by atoms with Crippen molar-refractivity contribution < 1.29 is 13.5 Å². The van der Waals surface area contributed by atoms with E-state index in [9.17, 15) is 8.78 Å². The van der Waals surface area contributed by atoms with E-state index in [1.54, 1.807) is 19.1 Å². The van der Waals surface area contributed by atoms with Gasteiger partial charge < -0.3 is 4.74 Å². The van der Waals surface area contributed by atoms with E-state index in [-0.39, 0.29) is 11.7 Å². The Kier molecular flexibility index (Phi) is 4.78. The van der Waals surface area contributed by atoms with Gasteiger partial charge in [-0.25, -0.2) is 4.39 Å². The summed E-state index contributed by atoms with van der Waals surface area (Å²) in [4.78, 5) is 0. The van der Waals surface area contributed by atoms with Gasteiger partial charge in [0, 0.05) is 0 Å². The SMILES string of the molecule is CCOc1ccc([C@H]2CC[C@H](CC)CC2)c(F)c1F. The highest BCUT2D eigenvalue weighted by Crippen LogP contribution is 2.39. The van der Waals surface area contributed by atoms with Crippen LogP contribution in [-0.4, -0.2) is 6.61 Å². The Labute approximate surface area is 114 Å². The van der Waals surface area contributed by atoms with Crippen LogP contribution in [0.2, 0.25) is 0 Å². The van der Waals surface area contributed by atoms with E-state index in [2.05, 4.69) is 6.92 Å². The number of hydrogen-bond donors (Lipinski definition) is 0. The molecule has 19 heavy (non-hydrogen) atoms. The van der Waals surface area contributed by atoms with Crippen molar-refractivity contribution in [2.45, 2.75) is 51.9 Å². The summed E-state index contributed by atoms with van der Waals surface area (Å²) < 4.78 is 33.0. The first-order valence-corrected chi connectivity index (χ1v) is 7.28. The summed E-state index contributed by atoms with van der Waals surface area (Å²) in [6.45, 7) is 4.30. The molecule has 0 saturated heterocycles. The van der Waals surface area contributed by atoms with Crippen molar-refractivity contribution in [1.82, 2.24) is 0 Å². The first-order valence-electron chi connectivity index (χ1n) is 7.28. The Morgan fingerprint density at radius 3 is 2.32 bits per heavy atom. The third-order valence-corrected chi connectivity index (χ3v) is 4.24. The molecule has 1 saturated carbocycles. The van der Waals surface area contributed by atoms with E-state index in [4.69, 9.17) is 4.74 Å². The maximum Gasteiger partial charge on any atom is 0.200 e. The molecule has 0 spiro atoms. The fourth-order valence-corrected chi connectivity index (χ4v) is 3.01. The molecule has 1 nitrogen and oxygen atoms in total. The molecule has 1 fully saturated rings. The highest BCUT2D eigenvalue weighted by Gasteiger charge is 2.25. The van der Waals surface area contributed by atoms with Gasteiger partial charge in [0.2, 0.25) is 5.82 Å². The number of benzene rings is 1. The van der Waals surface area contributed by atoms with Gasteiger partial charge in [-0.2, -0.15) is 4.39 Å². The molecule has 106 valence electrons. The molecule has 0 aliphatic heterocycles. The highest BCUT2D eigenvalue weighted by molar-refractivity contribution is 5.33. The van der Waals surface area contributed by atoms with Crippen LogP contribution in [0.25, 0.3) is 0 Å². The number of rotatable bonds is 4. The molecule has 0 aromatic heterocycles. The zero-order valence-electron chi connectivity index (χ0n) is 11.7. The van der Waals surface area contributed by atoms with Gasteiger partial charge in [0.05, 0.1) is 6.61 Å². The molecule has 2 rings (SSSR count). The minimum atomic E-state index is -0.836. The lowest BCUT2D eigenvalue weighted by molar-refractivity contribution is 0.301. The number of hydrogen-bond acceptors (Lipinski definition) is 1. The van der Waals surface area contributed by atoms with Crippen LogP contribution in [-0.2, 0) is 0 Å². The van der Waals surface area contributed by atoms with Crippen LogP contribution < -0.4 is 4.74 Å². The van der Waals surface area contributed by atoms with E-state index in [1.807, 2.05) is 0 Å². The van der Waals surface area contributed by atoms with Crippen molar-refractivity contribution in [3.63, 3.8) is 0 Å². The molecule has 0 unspecified atom stereocenters. The van der Waals surface area contributed by atoms with Gasteiger partial charge >= 0.3 is 0 Å². The quantitative estimate of drug-likeness (QED) is 0.742. The van der Waals surface area contributed by atoms with E-state index in [0.29, 0.717) is 12.2 Å². The van der Waals surface area contributed by atoms with Crippen LogP contribution >= 0.6 is 0 Å². The summed E-state index contributed by atoms with van der Waals surface area (Å²) in [6, 6.07) is 3.25. The highest BCUT2D eigenvalue weighted by atomic mass is 19.2. The van der Waals surface area contributed by atoms with Gasteiger partial charge in [0.25, 0.3) is 0 Å². The number of halogens is 2. The molecule has 0 heterocycles. The maximum absolute atomic E-state index is 14.1. The van der Waals surface area contributed by atoms with Crippen LogP contribution in [0.5, 0.6) is 5.75 Å². The summed E-state index contributed by atoms with van der Waals surface area (Å²) in [6.07, 6.45) is 5.35. The van der Waals surface area contributed by atoms with E-state index in [1.165, 1.54) is 6.42 Å². The summed E-state index contributed by atoms with van der Waals surface area (Å²) in [5.74, 6) is -0.617. The van der Waals surface area contributed by atoms with Crippen molar-refractivity contribution in [3.05, 3.63) is 29.3 Å². The molecule has 0 radical (unpaired) electrons. The number of ether oxygens (including phenoxy) is 1. The lowest BCUT2D eigenvalue weighted by Crippen LogP contribution is -2.14. The Hall–Kier alpha value is -1.12. The summed E-state index contributed by atoms with van der Waals surface area (Å²) in [7, 11) is 0. The zero-order chi connectivity index (χ0) is 13.8. The minimum absolute atomic E-state index is 0.0194. The standard InChI is InChI=1S/C16H22F2O/c1-3-11-5-7-12(8-6-11)13-9-10-14(19-4-2)16(18)15(13)17/h9-12H,3-8H2,1-2H3/t11-,12-. The third-order valence-electron chi connectivity index (χ3n) is 4.24. The molecule has 0 amide bonds. The van der Waals surface area contributed by atoms with Gasteiger partial charge in [-0.3, -0.25) is 0 Å². The van der Waals surface area contributed by atoms with Gasteiger partial charge in [0.1, 0.15) is 0 Å². The Bertz CT molecular complexity index is 423. The second-order valence-corrected chi connectivity index (χ2v) is 5.34. The second kappa shape index (κ2) is 6.36. The predicted molar refractivity (Wildman–Crippen MR) is 72.5 cm³/mol. The summed E-state index contributed by atoms with van der Waals surface area (Å²) in [5.41, 5.74) is 0.524. The molecule has 1 aliphatic carbocycles. The first kappa shape index (κ1) is 14.3. The van der Waals surface area contributed by atoms with Crippen LogP contribution in [0.1, 0.15) is 57.4 Å². The van der Waals surface area contributed by atoms with Crippen molar-refractivity contribution in [2.24, 2.45) is 5.92 Å². The Balaban J connectivity index is 2.15. The van der Waals surface area contributed by atoms with Crippen LogP contribution in [0.3, 0.4) is 0 Å². The second-order valence-electron chi connectivity index (χ2n) is 5.34. The molecular formula is C16H22F2O. The molecule has 0 bridgehead atoms. The van der Waals surface area contributed by atoms with Crippen LogP contribution in [0, 0.1) is 17.6 Å². The van der Waals surface area contributed by atoms with Gasteiger partial charge in [-0.15, -0.1) is 0 Å². The zero-order valence-corrected chi connectivity index (χ0v) is 11.7. The maximum atomic E-state index is 14.1. The average Bonchev–Trinajstić information content (AvgIpc) is 2.45. The van der Waals surface area contributed by atoms with Crippen LogP contribution in [0.15, 0.2) is 12.1 Å². The normalized spacial score (nSPS) is 23.4. The largest absolute Gasteiger partial charge is 0.491 e. The van der Waals surface area contributed by atoms with Gasteiger partial charge in [-0.1, -0.05) is 19.4 Å². The fraction of sp³-hybridized carbons (Fsp3) is 0.625. The fourth-order valence-electron chi connectivity index (χ4n) is 3.01. The lowest BCUT2D eigenvalue weighted by atomic mass is 9.77. The lowest BCUT2D eigenvalue weighted by Gasteiger charge is -2.28. The first-order chi connectivity index (χ1) is 9.17. The van der Waals surface area contributed by atoms with E-state index in [0.717, 1.165) is 31.6 Å². The van der Waals surface area contributed by atoms with Gasteiger partial charge in [0.15, 0.2) is 11.6 Å². The van der Waals surface area contributed by atoms with Crippen molar-refractivity contribution in [1.29, 1.82) is 0 Å². The molecule has 1 aromatic rings. The molecule has 3 heteroatoms. The van der Waals surface area contributed by atoms with Crippen molar-refractivity contribution >= 4 is 0 Å². The summed E-state index contributed by atoms with van der Waals surface area (Å²) >= 11 is 0. The van der Waals surface area contributed by atoms with Crippen LogP contribution in [0.4, 0.5) is 8.78 Å². The van der Waals surface area contributed by atoms with E-state index >= 15 is 0 Å². The third kappa shape index (κ3) is 3.07. The molecule has 1 aliphatic rings.